The van der Waals surface area contributed by atoms with Crippen LogP contribution in [0.4, 0.5) is 0 Å². The highest BCUT2D eigenvalue weighted by Crippen LogP contribution is 2.48. The van der Waals surface area contributed by atoms with E-state index in [4.69, 9.17) is 5.73 Å². The Labute approximate surface area is 111 Å². The summed E-state index contributed by atoms with van der Waals surface area (Å²) in [5.41, 5.74) is 8.04. The second-order valence-corrected chi connectivity index (χ2v) is 5.43. The van der Waals surface area contributed by atoms with Crippen LogP contribution in [0.3, 0.4) is 0 Å². The molecule has 2 rings (SSSR count). The summed E-state index contributed by atoms with van der Waals surface area (Å²) in [6.07, 6.45) is 4.93. The zero-order valence-corrected chi connectivity index (χ0v) is 11.7. The molecule has 2 nitrogen and oxygen atoms in total. The monoisotopic (exact) mass is 256 g/mol. The highest BCUT2D eigenvalue weighted by Gasteiger charge is 2.44. The number of halogens is 1. The molecule has 0 heterocycles. The zero-order chi connectivity index (χ0) is 10.9. The van der Waals surface area contributed by atoms with Gasteiger partial charge in [0.05, 0.1) is 0 Å². The summed E-state index contributed by atoms with van der Waals surface area (Å²) in [6, 6.07) is 10.6. The molecule has 0 aliphatic heterocycles. The van der Waals surface area contributed by atoms with E-state index in [1.165, 1.54) is 24.8 Å². The average Bonchev–Trinajstić information content (AvgIpc) is 2.24. The highest BCUT2D eigenvalue weighted by molar-refractivity contribution is 5.85. The number of rotatable bonds is 1. The van der Waals surface area contributed by atoms with E-state index in [1.54, 1.807) is 0 Å². The van der Waals surface area contributed by atoms with Crippen molar-refractivity contribution in [2.45, 2.75) is 45.1 Å². The van der Waals surface area contributed by atoms with Gasteiger partial charge in [0.15, 0.2) is 0 Å². The molecule has 1 aromatic rings. The van der Waals surface area contributed by atoms with Gasteiger partial charge in [-0.15, -0.1) is 12.4 Å². The number of hydrogen-bond donors (Lipinski definition) is 2. The van der Waals surface area contributed by atoms with E-state index in [1.807, 2.05) is 0 Å². The summed E-state index contributed by atoms with van der Waals surface area (Å²) < 4.78 is 0. The van der Waals surface area contributed by atoms with E-state index < -0.39 is 0 Å². The summed E-state index contributed by atoms with van der Waals surface area (Å²) >= 11 is 0. The second kappa shape index (κ2) is 5.85. The largest absolute Gasteiger partial charge is 0.344 e. The number of benzene rings is 1. The Morgan fingerprint density at radius 1 is 1.00 bits per heavy atom. The molecular weight excluding hydrogens is 232 g/mol. The molecule has 1 fully saturated rings. The van der Waals surface area contributed by atoms with Crippen LogP contribution in [0.2, 0.25) is 0 Å². The first-order chi connectivity index (χ1) is 7.06. The van der Waals surface area contributed by atoms with E-state index in [0.29, 0.717) is 0 Å². The van der Waals surface area contributed by atoms with E-state index in [0.717, 1.165) is 6.42 Å². The van der Waals surface area contributed by atoms with Gasteiger partial charge in [-0.3, -0.25) is 0 Å². The van der Waals surface area contributed by atoms with E-state index in [9.17, 15) is 0 Å². The van der Waals surface area contributed by atoms with Crippen LogP contribution in [-0.4, -0.2) is 0 Å². The maximum absolute atomic E-state index is 6.66. The molecule has 17 heavy (non-hydrogen) atoms. The van der Waals surface area contributed by atoms with E-state index >= 15 is 0 Å². The van der Waals surface area contributed by atoms with Gasteiger partial charge in [0, 0.05) is 5.54 Å². The Hall–Kier alpha value is -0.570. The molecule has 0 spiro atoms. The van der Waals surface area contributed by atoms with Crippen LogP contribution < -0.4 is 11.9 Å². The minimum Gasteiger partial charge on any atom is -0.344 e. The Balaban J connectivity index is 0.00000128. The van der Waals surface area contributed by atoms with Gasteiger partial charge < -0.3 is 11.9 Å². The molecule has 1 saturated carbocycles. The first-order valence-corrected chi connectivity index (χ1v) is 5.91. The Morgan fingerprint density at radius 2 is 1.53 bits per heavy atom. The van der Waals surface area contributed by atoms with Crippen molar-refractivity contribution < 1.29 is 0 Å². The van der Waals surface area contributed by atoms with E-state index in [-0.39, 0.29) is 29.5 Å². The van der Waals surface area contributed by atoms with Gasteiger partial charge >= 0.3 is 0 Å². The first kappa shape index (κ1) is 16.4. The summed E-state index contributed by atoms with van der Waals surface area (Å²) in [5.74, 6) is 0. The maximum Gasteiger partial charge on any atom is 0.0461 e. The molecule has 1 aliphatic rings. The third-order valence-corrected chi connectivity index (χ3v) is 4.12. The van der Waals surface area contributed by atoms with Crippen LogP contribution in [0.15, 0.2) is 30.3 Å². The quantitative estimate of drug-likeness (QED) is 0.797. The molecule has 5 N–H and O–H groups in total. The standard InChI is InChI=1S/C14H21N.ClH.H3N/c1-13(2)10-6-7-11-14(13,15)12-8-4-3-5-9-12;;/h3-5,8-9H,6-7,10-11,15H2,1-2H3;1H;1H3. The van der Waals surface area contributed by atoms with Crippen molar-refractivity contribution in [2.75, 3.05) is 0 Å². The molecule has 98 valence electrons. The van der Waals surface area contributed by atoms with Crippen molar-refractivity contribution in [3.8, 4) is 0 Å². The lowest BCUT2D eigenvalue weighted by Crippen LogP contribution is -2.51. The summed E-state index contributed by atoms with van der Waals surface area (Å²) in [7, 11) is 0. The molecule has 3 heteroatoms. The molecular formula is C14H25ClN2. The van der Waals surface area contributed by atoms with Gasteiger partial charge in [-0.05, 0) is 23.8 Å². The zero-order valence-electron chi connectivity index (χ0n) is 10.9. The van der Waals surface area contributed by atoms with Gasteiger partial charge in [-0.1, -0.05) is 57.0 Å². The van der Waals surface area contributed by atoms with Crippen molar-refractivity contribution in [2.24, 2.45) is 11.1 Å². The Kier molecular flexibility index (Phi) is 5.66. The van der Waals surface area contributed by atoms with Crippen LogP contribution in [0.1, 0.15) is 45.1 Å². The van der Waals surface area contributed by atoms with Crippen LogP contribution in [0.5, 0.6) is 0 Å². The third kappa shape index (κ3) is 2.82. The van der Waals surface area contributed by atoms with Crippen molar-refractivity contribution in [1.29, 1.82) is 0 Å². The number of nitrogens with two attached hydrogens (primary N) is 1. The molecule has 1 aliphatic carbocycles. The second-order valence-electron chi connectivity index (χ2n) is 5.43. The lowest BCUT2D eigenvalue weighted by molar-refractivity contribution is 0.0978. The lowest BCUT2D eigenvalue weighted by Gasteiger charge is -2.48. The topological polar surface area (TPSA) is 61.0 Å². The Bertz CT molecular complexity index is 337. The van der Waals surface area contributed by atoms with Gasteiger partial charge in [-0.2, -0.15) is 0 Å². The SMILES string of the molecule is CC1(C)CCCCC1(N)c1ccccc1.Cl.N. The fourth-order valence-corrected chi connectivity index (χ4v) is 2.80. The predicted molar refractivity (Wildman–Crippen MR) is 76.8 cm³/mol. The molecule has 1 atom stereocenters. The lowest BCUT2D eigenvalue weighted by atomic mass is 9.61. The maximum atomic E-state index is 6.66. The minimum absolute atomic E-state index is 0. The van der Waals surface area contributed by atoms with Crippen molar-refractivity contribution in [3.63, 3.8) is 0 Å². The summed E-state index contributed by atoms with van der Waals surface area (Å²) in [6.45, 7) is 4.61. The minimum atomic E-state index is -0.132. The molecule has 0 aromatic heterocycles. The van der Waals surface area contributed by atoms with Gasteiger partial charge in [0.25, 0.3) is 0 Å². The predicted octanol–water partition coefficient (Wildman–Crippen LogP) is 4.02. The van der Waals surface area contributed by atoms with Crippen molar-refractivity contribution in [1.82, 2.24) is 6.15 Å². The molecule has 0 saturated heterocycles. The Morgan fingerprint density at radius 3 is 2.06 bits per heavy atom. The van der Waals surface area contributed by atoms with Gasteiger partial charge in [0.1, 0.15) is 0 Å². The normalized spacial score (nSPS) is 26.5. The third-order valence-electron chi connectivity index (χ3n) is 4.12. The summed E-state index contributed by atoms with van der Waals surface area (Å²) in [5, 5.41) is 0. The van der Waals surface area contributed by atoms with E-state index in [2.05, 4.69) is 44.2 Å². The van der Waals surface area contributed by atoms with Crippen LogP contribution >= 0.6 is 12.4 Å². The molecule has 0 amide bonds. The highest BCUT2D eigenvalue weighted by atomic mass is 35.5. The fourth-order valence-electron chi connectivity index (χ4n) is 2.80. The van der Waals surface area contributed by atoms with Crippen LogP contribution in [-0.2, 0) is 5.54 Å². The smallest absolute Gasteiger partial charge is 0.0461 e. The molecule has 1 unspecified atom stereocenters. The van der Waals surface area contributed by atoms with Gasteiger partial charge in [-0.25, -0.2) is 0 Å². The molecule has 1 aromatic carbocycles. The average molecular weight is 257 g/mol. The molecule has 0 bridgehead atoms. The van der Waals surface area contributed by atoms with Crippen LogP contribution in [0.25, 0.3) is 0 Å². The molecule has 0 radical (unpaired) electrons. The van der Waals surface area contributed by atoms with Gasteiger partial charge in [0.2, 0.25) is 0 Å². The van der Waals surface area contributed by atoms with Crippen LogP contribution in [0, 0.1) is 5.41 Å². The fraction of sp³-hybridized carbons (Fsp3) is 0.571. The first-order valence-electron chi connectivity index (χ1n) is 5.91. The van der Waals surface area contributed by atoms with Crippen molar-refractivity contribution >= 4 is 12.4 Å². The summed E-state index contributed by atoms with van der Waals surface area (Å²) in [4.78, 5) is 0. The number of hydrogen-bond acceptors (Lipinski definition) is 2. The van der Waals surface area contributed by atoms with Crippen molar-refractivity contribution in [3.05, 3.63) is 35.9 Å².